The quantitative estimate of drug-likeness (QED) is 0.720. The average Bonchev–Trinajstić information content (AvgIpc) is 2.86. The Balaban J connectivity index is 1.92. The first kappa shape index (κ1) is 18.9. The van der Waals surface area contributed by atoms with Gasteiger partial charge in [0, 0.05) is 23.5 Å². The molecule has 1 aliphatic rings. The maximum atomic E-state index is 13.7. The van der Waals surface area contributed by atoms with E-state index in [1.54, 1.807) is 6.07 Å². The third kappa shape index (κ3) is 5.30. The molecular weight excluding hydrogens is 399 g/mol. The van der Waals surface area contributed by atoms with E-state index < -0.39 is 15.7 Å². The minimum absolute atomic E-state index is 0.0671. The number of carbonyl (C=O) groups excluding carboxylic acids is 1. The highest BCUT2D eigenvalue weighted by Crippen LogP contribution is 2.20. The summed E-state index contributed by atoms with van der Waals surface area (Å²) >= 11 is 3.15. The summed E-state index contributed by atoms with van der Waals surface area (Å²) in [6.45, 7) is 0.606. The van der Waals surface area contributed by atoms with E-state index in [1.165, 1.54) is 12.1 Å². The van der Waals surface area contributed by atoms with Crippen LogP contribution >= 0.6 is 15.9 Å². The van der Waals surface area contributed by atoms with Gasteiger partial charge in [0.15, 0.2) is 9.84 Å². The monoisotopic (exact) mass is 416 g/mol. The van der Waals surface area contributed by atoms with Crippen LogP contribution in [0.5, 0.6) is 0 Å². The van der Waals surface area contributed by atoms with Crippen LogP contribution in [0, 0.1) is 18.2 Å². The van der Waals surface area contributed by atoms with E-state index in [9.17, 15) is 17.6 Å². The van der Waals surface area contributed by atoms with Crippen LogP contribution in [0.4, 0.5) is 10.1 Å². The molecule has 0 radical (unpaired) electrons. The molecule has 2 rings (SSSR count). The van der Waals surface area contributed by atoms with Gasteiger partial charge in [0.1, 0.15) is 5.82 Å². The summed E-state index contributed by atoms with van der Waals surface area (Å²) in [5.74, 6) is 1.83. The van der Waals surface area contributed by atoms with Crippen molar-refractivity contribution in [3.05, 3.63) is 28.5 Å². The molecule has 24 heavy (non-hydrogen) atoms. The maximum absolute atomic E-state index is 13.7. The highest BCUT2D eigenvalue weighted by molar-refractivity contribution is 9.10. The van der Waals surface area contributed by atoms with E-state index in [2.05, 4.69) is 27.2 Å². The van der Waals surface area contributed by atoms with E-state index in [0.29, 0.717) is 17.4 Å². The first-order valence-electron chi connectivity index (χ1n) is 7.43. The van der Waals surface area contributed by atoms with Crippen molar-refractivity contribution < 1.29 is 17.6 Å². The smallest absolute Gasteiger partial charge is 0.225 e. The Hall–Kier alpha value is -1.43. The number of hydrogen-bond acceptors (Lipinski definition) is 4. The Labute approximate surface area is 149 Å². The Morgan fingerprint density at radius 1 is 1.50 bits per heavy atom. The summed E-state index contributed by atoms with van der Waals surface area (Å²) in [7, 11) is -3.02. The van der Waals surface area contributed by atoms with Crippen LogP contribution in [0.25, 0.3) is 0 Å². The minimum Gasteiger partial charge on any atom is -0.324 e. The van der Waals surface area contributed by atoms with Gasteiger partial charge >= 0.3 is 0 Å². The molecule has 1 aromatic rings. The van der Waals surface area contributed by atoms with Crippen LogP contribution in [0.3, 0.4) is 0 Å². The third-order valence-corrected chi connectivity index (χ3v) is 6.09. The largest absolute Gasteiger partial charge is 0.324 e. The zero-order chi connectivity index (χ0) is 17.7. The molecule has 0 saturated carbocycles. The number of carbonyl (C=O) groups is 1. The van der Waals surface area contributed by atoms with Crippen molar-refractivity contribution in [1.82, 2.24) is 4.90 Å². The number of nitrogens with one attached hydrogen (secondary N) is 1. The molecule has 5 nitrogen and oxygen atoms in total. The van der Waals surface area contributed by atoms with Crippen LogP contribution < -0.4 is 5.32 Å². The summed E-state index contributed by atoms with van der Waals surface area (Å²) in [5, 5.41) is 2.51. The molecule has 0 bridgehead atoms. The number of benzene rings is 1. The van der Waals surface area contributed by atoms with Gasteiger partial charge in [-0.15, -0.1) is 6.42 Å². The lowest BCUT2D eigenvalue weighted by Crippen LogP contribution is -2.38. The Kier molecular flexibility index (Phi) is 6.38. The predicted octanol–water partition coefficient (Wildman–Crippen LogP) is 2.04. The fourth-order valence-electron chi connectivity index (χ4n) is 2.62. The highest BCUT2D eigenvalue weighted by atomic mass is 79.9. The molecular formula is C16H18BrFN2O3S. The molecule has 1 atom stereocenters. The normalized spacial score (nSPS) is 19.2. The maximum Gasteiger partial charge on any atom is 0.225 e. The molecule has 1 aromatic carbocycles. The van der Waals surface area contributed by atoms with Crippen molar-refractivity contribution in [3.8, 4) is 12.3 Å². The number of halogens is 2. The molecule has 0 aromatic heterocycles. The Morgan fingerprint density at radius 3 is 2.83 bits per heavy atom. The molecule has 1 saturated heterocycles. The molecule has 130 valence electrons. The number of nitrogens with zero attached hydrogens (tertiary/aromatic N) is 1. The Morgan fingerprint density at radius 2 is 2.25 bits per heavy atom. The zero-order valence-electron chi connectivity index (χ0n) is 13.0. The van der Waals surface area contributed by atoms with Gasteiger partial charge in [0.25, 0.3) is 0 Å². The molecule has 1 unspecified atom stereocenters. The van der Waals surface area contributed by atoms with E-state index in [1.807, 2.05) is 4.90 Å². The van der Waals surface area contributed by atoms with Crippen LogP contribution in [0.1, 0.15) is 12.8 Å². The number of hydrogen-bond donors (Lipinski definition) is 1. The van der Waals surface area contributed by atoms with Crippen molar-refractivity contribution in [1.29, 1.82) is 0 Å². The molecule has 1 heterocycles. The fourth-order valence-corrected chi connectivity index (χ4v) is 4.71. The lowest BCUT2D eigenvalue weighted by molar-refractivity contribution is -0.116. The lowest BCUT2D eigenvalue weighted by Gasteiger charge is -2.25. The predicted molar refractivity (Wildman–Crippen MR) is 94.8 cm³/mol. The topological polar surface area (TPSA) is 66.5 Å². The standard InChI is InChI=1S/C16H18BrFN2O3S/c1-2-7-20(13-6-9-24(22,23)11-13)8-5-16(21)19-15-4-3-12(17)10-14(15)18/h1,3-4,10,13H,5-9,11H2,(H,19,21). The third-order valence-electron chi connectivity index (χ3n) is 3.85. The molecule has 1 amide bonds. The van der Waals surface area contributed by atoms with Gasteiger partial charge in [-0.25, -0.2) is 12.8 Å². The summed E-state index contributed by atoms with van der Waals surface area (Å²) in [6.07, 6.45) is 5.96. The van der Waals surface area contributed by atoms with E-state index in [4.69, 9.17) is 6.42 Å². The highest BCUT2D eigenvalue weighted by Gasteiger charge is 2.31. The van der Waals surface area contributed by atoms with Gasteiger partial charge in [0.2, 0.25) is 5.91 Å². The van der Waals surface area contributed by atoms with Crippen LogP contribution in [0.2, 0.25) is 0 Å². The molecule has 1 N–H and O–H groups in total. The van der Waals surface area contributed by atoms with E-state index in [-0.39, 0.29) is 42.1 Å². The van der Waals surface area contributed by atoms with Crippen LogP contribution in [0.15, 0.2) is 22.7 Å². The second kappa shape index (κ2) is 8.10. The van der Waals surface area contributed by atoms with Crippen molar-refractivity contribution >= 4 is 37.4 Å². The second-order valence-corrected chi connectivity index (χ2v) is 8.80. The van der Waals surface area contributed by atoms with Gasteiger partial charge in [-0.3, -0.25) is 9.69 Å². The van der Waals surface area contributed by atoms with Crippen molar-refractivity contribution in [2.24, 2.45) is 0 Å². The molecule has 0 spiro atoms. The minimum atomic E-state index is -3.02. The average molecular weight is 417 g/mol. The Bertz CT molecular complexity index is 761. The van der Waals surface area contributed by atoms with Crippen molar-refractivity contribution in [2.45, 2.75) is 18.9 Å². The van der Waals surface area contributed by atoms with Crippen molar-refractivity contribution in [3.63, 3.8) is 0 Å². The molecule has 0 aliphatic carbocycles. The van der Waals surface area contributed by atoms with Gasteiger partial charge in [-0.1, -0.05) is 21.9 Å². The lowest BCUT2D eigenvalue weighted by atomic mass is 10.2. The number of rotatable bonds is 6. The van der Waals surface area contributed by atoms with Gasteiger partial charge in [-0.05, 0) is 24.6 Å². The second-order valence-electron chi connectivity index (χ2n) is 5.65. The fraction of sp³-hybridized carbons (Fsp3) is 0.438. The summed E-state index contributed by atoms with van der Waals surface area (Å²) in [5.41, 5.74) is 0.107. The van der Waals surface area contributed by atoms with E-state index >= 15 is 0 Å². The number of amides is 1. The number of terminal acetylenes is 1. The first-order chi connectivity index (χ1) is 11.3. The molecule has 1 aliphatic heterocycles. The van der Waals surface area contributed by atoms with E-state index in [0.717, 1.165) is 0 Å². The van der Waals surface area contributed by atoms with Crippen molar-refractivity contribution in [2.75, 3.05) is 29.9 Å². The summed E-state index contributed by atoms with van der Waals surface area (Å²) < 4.78 is 37.5. The van der Waals surface area contributed by atoms with Gasteiger partial charge in [-0.2, -0.15) is 0 Å². The number of sulfone groups is 1. The first-order valence-corrected chi connectivity index (χ1v) is 10.0. The molecule has 1 fully saturated rings. The molecule has 8 heteroatoms. The van der Waals surface area contributed by atoms with Gasteiger partial charge in [0.05, 0.1) is 23.7 Å². The van der Waals surface area contributed by atoms with Crippen LogP contribution in [-0.4, -0.2) is 49.9 Å². The summed E-state index contributed by atoms with van der Waals surface area (Å²) in [4.78, 5) is 13.8. The van der Waals surface area contributed by atoms with Gasteiger partial charge < -0.3 is 5.32 Å². The van der Waals surface area contributed by atoms with Crippen LogP contribution in [-0.2, 0) is 14.6 Å². The number of anilines is 1. The summed E-state index contributed by atoms with van der Waals surface area (Å²) in [6, 6.07) is 4.21. The zero-order valence-corrected chi connectivity index (χ0v) is 15.4. The SMILES string of the molecule is C#CCN(CCC(=O)Nc1ccc(Br)cc1F)C1CCS(=O)(=O)C1.